The molecule has 0 amide bonds. The van der Waals surface area contributed by atoms with E-state index in [0.29, 0.717) is 11.5 Å². The van der Waals surface area contributed by atoms with Crippen molar-refractivity contribution in [3.8, 4) is 6.07 Å². The lowest BCUT2D eigenvalue weighted by atomic mass is 10.2. The molecule has 0 fully saturated rings. The molecule has 0 radical (unpaired) electrons. The number of unbranched alkanes of at least 4 members (excludes halogenated alkanes) is 1. The number of nitrogens with one attached hydrogen (secondary N) is 1. The number of rotatable bonds is 5. The average molecular weight is 308 g/mol. The summed E-state index contributed by atoms with van der Waals surface area (Å²) >= 11 is 0. The Balaban J connectivity index is 2.02. The predicted molar refractivity (Wildman–Crippen MR) is 89.0 cm³/mol. The molecule has 0 spiro atoms. The van der Waals surface area contributed by atoms with Crippen LogP contribution in [-0.2, 0) is 6.54 Å². The molecule has 0 saturated carbocycles. The highest BCUT2D eigenvalue weighted by Gasteiger charge is 2.11. The van der Waals surface area contributed by atoms with E-state index in [4.69, 9.17) is 5.26 Å². The number of benzene rings is 2. The molecule has 3 rings (SSSR count). The number of fused-ring (bicyclic) bond motifs is 1. The number of aromatic nitrogens is 2. The van der Waals surface area contributed by atoms with Gasteiger partial charge >= 0.3 is 0 Å². The average Bonchev–Trinajstić information content (AvgIpc) is 2.91. The van der Waals surface area contributed by atoms with Crippen LogP contribution >= 0.6 is 0 Å². The topological polar surface area (TPSA) is 53.6 Å². The van der Waals surface area contributed by atoms with Gasteiger partial charge in [0.2, 0.25) is 5.95 Å². The standard InChI is InChI=1S/C18H17FN4/c1-2-3-10-23-17-9-4-13(12-20)11-16(17)22-18(23)21-15-7-5-14(19)6-8-15/h4-9,11H,2-3,10H2,1H3,(H,21,22). The van der Waals surface area contributed by atoms with Gasteiger partial charge in [0.05, 0.1) is 22.7 Å². The summed E-state index contributed by atoms with van der Waals surface area (Å²) in [5.41, 5.74) is 3.14. The first-order valence-corrected chi connectivity index (χ1v) is 7.64. The van der Waals surface area contributed by atoms with Crippen LogP contribution in [0.4, 0.5) is 16.0 Å². The zero-order valence-electron chi connectivity index (χ0n) is 12.9. The number of anilines is 2. The summed E-state index contributed by atoms with van der Waals surface area (Å²) in [5.74, 6) is 0.434. The number of hydrogen-bond donors (Lipinski definition) is 1. The summed E-state index contributed by atoms with van der Waals surface area (Å²) < 4.78 is 15.1. The Morgan fingerprint density at radius 1 is 1.22 bits per heavy atom. The number of halogens is 1. The quantitative estimate of drug-likeness (QED) is 0.750. The molecule has 0 atom stereocenters. The molecule has 3 aromatic rings. The maximum absolute atomic E-state index is 13.0. The third-order valence-electron chi connectivity index (χ3n) is 3.71. The van der Waals surface area contributed by atoms with E-state index in [2.05, 4.69) is 27.9 Å². The van der Waals surface area contributed by atoms with E-state index in [9.17, 15) is 4.39 Å². The third kappa shape index (κ3) is 3.16. The van der Waals surface area contributed by atoms with E-state index in [0.717, 1.165) is 36.1 Å². The maximum atomic E-state index is 13.0. The second kappa shape index (κ2) is 6.49. The van der Waals surface area contributed by atoms with Crippen LogP contribution in [0, 0.1) is 17.1 Å². The van der Waals surface area contributed by atoms with E-state index in [1.807, 2.05) is 6.07 Å². The number of hydrogen-bond acceptors (Lipinski definition) is 3. The van der Waals surface area contributed by atoms with Gasteiger partial charge in [0.15, 0.2) is 0 Å². The van der Waals surface area contributed by atoms with Gasteiger partial charge in [-0.25, -0.2) is 9.37 Å². The Hall–Kier alpha value is -2.87. The first-order chi connectivity index (χ1) is 11.2. The molecule has 1 heterocycles. The molecule has 0 bridgehead atoms. The summed E-state index contributed by atoms with van der Waals surface area (Å²) in [6.07, 6.45) is 2.11. The highest BCUT2D eigenvalue weighted by atomic mass is 19.1. The van der Waals surface area contributed by atoms with Gasteiger partial charge in [-0.3, -0.25) is 0 Å². The van der Waals surface area contributed by atoms with Crippen molar-refractivity contribution in [3.63, 3.8) is 0 Å². The number of aryl methyl sites for hydroxylation is 1. The molecular weight excluding hydrogens is 291 g/mol. The Morgan fingerprint density at radius 3 is 2.70 bits per heavy atom. The first-order valence-electron chi connectivity index (χ1n) is 7.64. The Labute approximate surface area is 134 Å². The van der Waals surface area contributed by atoms with E-state index < -0.39 is 0 Å². The van der Waals surface area contributed by atoms with Crippen LogP contribution in [0.2, 0.25) is 0 Å². The van der Waals surface area contributed by atoms with Crippen molar-refractivity contribution in [2.75, 3.05) is 5.32 Å². The molecule has 0 unspecified atom stereocenters. The van der Waals surface area contributed by atoms with Crippen molar-refractivity contribution in [2.24, 2.45) is 0 Å². The summed E-state index contributed by atoms with van der Waals surface area (Å²) in [6, 6.07) is 13.8. The molecule has 1 aromatic heterocycles. The van der Waals surface area contributed by atoms with Gasteiger partial charge in [0.25, 0.3) is 0 Å². The predicted octanol–water partition coefficient (Wildman–Crippen LogP) is 4.59. The lowest BCUT2D eigenvalue weighted by molar-refractivity contribution is 0.628. The summed E-state index contributed by atoms with van der Waals surface area (Å²) in [4.78, 5) is 4.60. The second-order valence-electron chi connectivity index (χ2n) is 5.39. The van der Waals surface area contributed by atoms with Crippen molar-refractivity contribution >= 4 is 22.7 Å². The SMILES string of the molecule is CCCCn1c(Nc2ccc(F)cc2)nc2cc(C#N)ccc21. The minimum atomic E-state index is -0.270. The Bertz CT molecular complexity index is 859. The molecular formula is C18H17FN4. The smallest absolute Gasteiger partial charge is 0.208 e. The van der Waals surface area contributed by atoms with Crippen LogP contribution in [-0.4, -0.2) is 9.55 Å². The molecule has 2 aromatic carbocycles. The zero-order valence-corrected chi connectivity index (χ0v) is 12.9. The molecule has 1 N–H and O–H groups in total. The van der Waals surface area contributed by atoms with E-state index in [-0.39, 0.29) is 5.82 Å². The molecule has 23 heavy (non-hydrogen) atoms. The highest BCUT2D eigenvalue weighted by molar-refractivity contribution is 5.81. The zero-order chi connectivity index (χ0) is 16.2. The van der Waals surface area contributed by atoms with Gasteiger partial charge in [-0.05, 0) is 48.9 Å². The van der Waals surface area contributed by atoms with E-state index >= 15 is 0 Å². The van der Waals surface area contributed by atoms with E-state index in [1.165, 1.54) is 12.1 Å². The maximum Gasteiger partial charge on any atom is 0.208 e. The molecule has 0 aliphatic carbocycles. The summed E-state index contributed by atoms with van der Waals surface area (Å²) in [5, 5.41) is 12.3. The number of imidazole rings is 1. The highest BCUT2D eigenvalue weighted by Crippen LogP contribution is 2.24. The lowest BCUT2D eigenvalue weighted by Gasteiger charge is -2.10. The van der Waals surface area contributed by atoms with Gasteiger partial charge in [0, 0.05) is 12.2 Å². The largest absolute Gasteiger partial charge is 0.326 e. The molecule has 0 aliphatic rings. The van der Waals surface area contributed by atoms with Gasteiger partial charge < -0.3 is 9.88 Å². The number of nitriles is 1. The molecule has 116 valence electrons. The van der Waals surface area contributed by atoms with Crippen molar-refractivity contribution in [3.05, 3.63) is 53.8 Å². The fraction of sp³-hybridized carbons (Fsp3) is 0.222. The normalized spacial score (nSPS) is 10.7. The van der Waals surface area contributed by atoms with Gasteiger partial charge in [-0.1, -0.05) is 13.3 Å². The molecule has 5 heteroatoms. The number of nitrogens with zero attached hydrogens (tertiary/aromatic N) is 3. The van der Waals surface area contributed by atoms with Crippen LogP contribution in [0.25, 0.3) is 11.0 Å². The lowest BCUT2D eigenvalue weighted by Crippen LogP contribution is -2.04. The van der Waals surface area contributed by atoms with Gasteiger partial charge in [-0.2, -0.15) is 5.26 Å². The summed E-state index contributed by atoms with van der Waals surface area (Å²) in [6.45, 7) is 2.97. The van der Waals surface area contributed by atoms with Crippen LogP contribution in [0.15, 0.2) is 42.5 Å². The monoisotopic (exact) mass is 308 g/mol. The van der Waals surface area contributed by atoms with Crippen molar-refractivity contribution in [2.45, 2.75) is 26.3 Å². The minimum Gasteiger partial charge on any atom is -0.326 e. The van der Waals surface area contributed by atoms with Crippen molar-refractivity contribution < 1.29 is 4.39 Å². The van der Waals surface area contributed by atoms with Crippen LogP contribution in [0.5, 0.6) is 0 Å². The van der Waals surface area contributed by atoms with Gasteiger partial charge in [-0.15, -0.1) is 0 Å². The van der Waals surface area contributed by atoms with Gasteiger partial charge in [0.1, 0.15) is 5.82 Å². The van der Waals surface area contributed by atoms with Crippen molar-refractivity contribution in [1.29, 1.82) is 5.26 Å². The molecule has 4 nitrogen and oxygen atoms in total. The fourth-order valence-electron chi connectivity index (χ4n) is 2.50. The molecule has 0 saturated heterocycles. The van der Waals surface area contributed by atoms with Crippen LogP contribution in [0.1, 0.15) is 25.3 Å². The third-order valence-corrected chi connectivity index (χ3v) is 3.71. The van der Waals surface area contributed by atoms with Crippen LogP contribution < -0.4 is 5.32 Å². The minimum absolute atomic E-state index is 0.270. The first kappa shape index (κ1) is 15.0. The van der Waals surface area contributed by atoms with Crippen LogP contribution in [0.3, 0.4) is 0 Å². The van der Waals surface area contributed by atoms with Crippen molar-refractivity contribution in [1.82, 2.24) is 9.55 Å². The Morgan fingerprint density at radius 2 is 2.00 bits per heavy atom. The molecule has 0 aliphatic heterocycles. The van der Waals surface area contributed by atoms with E-state index in [1.54, 1.807) is 24.3 Å². The fourth-order valence-corrected chi connectivity index (χ4v) is 2.50. The Kier molecular flexibility index (Phi) is 4.24. The summed E-state index contributed by atoms with van der Waals surface area (Å²) in [7, 11) is 0. The second-order valence-corrected chi connectivity index (χ2v) is 5.39.